The van der Waals surface area contributed by atoms with Crippen LogP contribution in [0.1, 0.15) is 25.3 Å². The van der Waals surface area contributed by atoms with Gasteiger partial charge in [0.1, 0.15) is 0 Å². The van der Waals surface area contributed by atoms with Crippen LogP contribution < -0.4 is 4.90 Å². The van der Waals surface area contributed by atoms with Crippen molar-refractivity contribution in [1.29, 1.82) is 0 Å². The van der Waals surface area contributed by atoms with E-state index in [0.29, 0.717) is 5.92 Å². The zero-order valence-corrected chi connectivity index (χ0v) is 10.3. The molecular weight excluding hydrogens is 216 g/mol. The van der Waals surface area contributed by atoms with Crippen LogP contribution in [0.3, 0.4) is 0 Å². The topological polar surface area (TPSA) is 46.4 Å². The Labute approximate surface area is 101 Å². The van der Waals surface area contributed by atoms with E-state index in [1.165, 1.54) is 12.8 Å². The van der Waals surface area contributed by atoms with Gasteiger partial charge in [-0.2, -0.15) is 0 Å². The van der Waals surface area contributed by atoms with Gasteiger partial charge in [-0.1, -0.05) is 6.92 Å². The fraction of sp³-hybridized carbons (Fsp3) is 0.538. The second-order valence-electron chi connectivity index (χ2n) is 4.92. The molecule has 17 heavy (non-hydrogen) atoms. The Morgan fingerprint density at radius 1 is 1.47 bits per heavy atom. The van der Waals surface area contributed by atoms with Crippen LogP contribution in [-0.2, 0) is 0 Å². The van der Waals surface area contributed by atoms with E-state index in [-0.39, 0.29) is 10.6 Å². The summed E-state index contributed by atoms with van der Waals surface area (Å²) in [6.07, 6.45) is 2.49. The fourth-order valence-electron chi connectivity index (χ4n) is 2.52. The lowest BCUT2D eigenvalue weighted by atomic mass is 9.99. The van der Waals surface area contributed by atoms with Gasteiger partial charge < -0.3 is 4.90 Å². The highest BCUT2D eigenvalue weighted by Crippen LogP contribution is 2.28. The lowest BCUT2D eigenvalue weighted by Gasteiger charge is -2.33. The molecule has 1 heterocycles. The first-order valence-corrected chi connectivity index (χ1v) is 6.08. The Hall–Kier alpha value is -1.58. The SMILES string of the molecule is Cc1cc([N+](=O)[O-])ccc1N1CCCC(C)C1. The summed E-state index contributed by atoms with van der Waals surface area (Å²) in [6.45, 7) is 6.32. The van der Waals surface area contributed by atoms with Gasteiger partial charge in [0.2, 0.25) is 0 Å². The molecule has 0 N–H and O–H groups in total. The van der Waals surface area contributed by atoms with Gasteiger partial charge >= 0.3 is 0 Å². The summed E-state index contributed by atoms with van der Waals surface area (Å²) in [5.74, 6) is 0.707. The Bertz CT molecular complexity index is 431. The van der Waals surface area contributed by atoms with E-state index in [2.05, 4.69) is 11.8 Å². The zero-order chi connectivity index (χ0) is 12.4. The number of anilines is 1. The number of hydrogen-bond donors (Lipinski definition) is 0. The number of nitrogens with zero attached hydrogens (tertiary/aromatic N) is 2. The summed E-state index contributed by atoms with van der Waals surface area (Å²) in [4.78, 5) is 12.7. The molecular formula is C13H18N2O2. The van der Waals surface area contributed by atoms with Crippen molar-refractivity contribution < 1.29 is 4.92 Å². The van der Waals surface area contributed by atoms with E-state index in [1.54, 1.807) is 12.1 Å². The van der Waals surface area contributed by atoms with Gasteiger partial charge in [0.25, 0.3) is 5.69 Å². The lowest BCUT2D eigenvalue weighted by Crippen LogP contribution is -2.34. The summed E-state index contributed by atoms with van der Waals surface area (Å²) in [7, 11) is 0. The van der Waals surface area contributed by atoms with Crippen LogP contribution >= 0.6 is 0 Å². The minimum absolute atomic E-state index is 0.177. The zero-order valence-electron chi connectivity index (χ0n) is 10.3. The molecule has 0 aromatic heterocycles. The highest BCUT2D eigenvalue weighted by Gasteiger charge is 2.19. The predicted molar refractivity (Wildman–Crippen MR) is 68.4 cm³/mol. The van der Waals surface area contributed by atoms with Gasteiger partial charge in [-0.3, -0.25) is 10.1 Å². The van der Waals surface area contributed by atoms with E-state index >= 15 is 0 Å². The Balaban J connectivity index is 2.23. The van der Waals surface area contributed by atoms with Gasteiger partial charge in [-0.15, -0.1) is 0 Å². The molecule has 92 valence electrons. The fourth-order valence-corrected chi connectivity index (χ4v) is 2.52. The molecule has 1 unspecified atom stereocenters. The second kappa shape index (κ2) is 4.73. The first-order chi connectivity index (χ1) is 8.08. The number of nitro groups is 1. The highest BCUT2D eigenvalue weighted by molar-refractivity contribution is 5.57. The standard InChI is InChI=1S/C13H18N2O2/c1-10-4-3-7-14(9-10)13-6-5-12(15(16)17)8-11(13)2/h5-6,8,10H,3-4,7,9H2,1-2H3. The molecule has 1 aromatic rings. The maximum absolute atomic E-state index is 10.7. The van der Waals surface area contributed by atoms with Crippen molar-refractivity contribution in [3.8, 4) is 0 Å². The van der Waals surface area contributed by atoms with Crippen LogP contribution in [0.4, 0.5) is 11.4 Å². The molecule has 0 bridgehead atoms. The van der Waals surface area contributed by atoms with Crippen LogP contribution in [0.5, 0.6) is 0 Å². The molecule has 4 nitrogen and oxygen atoms in total. The number of piperidine rings is 1. The molecule has 2 rings (SSSR count). The van der Waals surface area contributed by atoms with Crippen LogP contribution in [0, 0.1) is 23.0 Å². The largest absolute Gasteiger partial charge is 0.371 e. The first-order valence-electron chi connectivity index (χ1n) is 6.08. The molecule has 1 aromatic carbocycles. The smallest absolute Gasteiger partial charge is 0.269 e. The predicted octanol–water partition coefficient (Wildman–Crippen LogP) is 3.14. The molecule has 0 saturated carbocycles. The van der Waals surface area contributed by atoms with Gasteiger partial charge in [0.15, 0.2) is 0 Å². The number of nitro benzene ring substituents is 1. The molecule has 0 radical (unpaired) electrons. The summed E-state index contributed by atoms with van der Waals surface area (Å²) >= 11 is 0. The van der Waals surface area contributed by atoms with E-state index in [1.807, 2.05) is 13.0 Å². The van der Waals surface area contributed by atoms with E-state index in [0.717, 1.165) is 24.3 Å². The molecule has 0 aliphatic carbocycles. The molecule has 1 saturated heterocycles. The monoisotopic (exact) mass is 234 g/mol. The Morgan fingerprint density at radius 2 is 2.24 bits per heavy atom. The van der Waals surface area contributed by atoms with Crippen molar-refractivity contribution in [3.05, 3.63) is 33.9 Å². The lowest BCUT2D eigenvalue weighted by molar-refractivity contribution is -0.384. The minimum Gasteiger partial charge on any atom is -0.371 e. The third kappa shape index (κ3) is 2.57. The van der Waals surface area contributed by atoms with Crippen molar-refractivity contribution in [2.45, 2.75) is 26.7 Å². The maximum atomic E-state index is 10.7. The number of non-ortho nitro benzene ring substituents is 1. The molecule has 4 heteroatoms. The van der Waals surface area contributed by atoms with Gasteiger partial charge in [0.05, 0.1) is 4.92 Å². The van der Waals surface area contributed by atoms with Crippen LogP contribution in [0.15, 0.2) is 18.2 Å². The third-order valence-electron chi connectivity index (χ3n) is 3.39. The van der Waals surface area contributed by atoms with E-state index < -0.39 is 0 Å². The van der Waals surface area contributed by atoms with Crippen molar-refractivity contribution in [2.75, 3.05) is 18.0 Å². The van der Waals surface area contributed by atoms with Crippen LogP contribution in [-0.4, -0.2) is 18.0 Å². The number of hydrogen-bond acceptors (Lipinski definition) is 3. The molecule has 1 fully saturated rings. The summed E-state index contributed by atoms with van der Waals surface area (Å²) in [5, 5.41) is 10.7. The summed E-state index contributed by atoms with van der Waals surface area (Å²) in [6, 6.07) is 5.14. The van der Waals surface area contributed by atoms with Crippen LogP contribution in [0.25, 0.3) is 0 Å². The number of benzene rings is 1. The average molecular weight is 234 g/mol. The Morgan fingerprint density at radius 3 is 2.82 bits per heavy atom. The maximum Gasteiger partial charge on any atom is 0.269 e. The van der Waals surface area contributed by atoms with Crippen LogP contribution in [0.2, 0.25) is 0 Å². The van der Waals surface area contributed by atoms with Crippen molar-refractivity contribution >= 4 is 11.4 Å². The number of rotatable bonds is 2. The van der Waals surface area contributed by atoms with Gasteiger partial charge in [0, 0.05) is 30.9 Å². The van der Waals surface area contributed by atoms with Crippen molar-refractivity contribution in [3.63, 3.8) is 0 Å². The number of aryl methyl sites for hydroxylation is 1. The van der Waals surface area contributed by atoms with E-state index in [4.69, 9.17) is 0 Å². The highest BCUT2D eigenvalue weighted by atomic mass is 16.6. The normalized spacial score (nSPS) is 20.4. The van der Waals surface area contributed by atoms with Crippen molar-refractivity contribution in [2.24, 2.45) is 5.92 Å². The Kier molecular flexibility index (Phi) is 3.31. The van der Waals surface area contributed by atoms with Gasteiger partial charge in [-0.25, -0.2) is 0 Å². The van der Waals surface area contributed by atoms with Crippen molar-refractivity contribution in [1.82, 2.24) is 0 Å². The minimum atomic E-state index is -0.338. The molecule has 1 aliphatic rings. The summed E-state index contributed by atoms with van der Waals surface area (Å²) in [5.41, 5.74) is 2.31. The second-order valence-corrected chi connectivity index (χ2v) is 4.92. The quantitative estimate of drug-likeness (QED) is 0.583. The molecule has 0 spiro atoms. The third-order valence-corrected chi connectivity index (χ3v) is 3.39. The first kappa shape index (κ1) is 11.9. The molecule has 1 aliphatic heterocycles. The van der Waals surface area contributed by atoms with E-state index in [9.17, 15) is 10.1 Å². The average Bonchev–Trinajstić information content (AvgIpc) is 2.28. The summed E-state index contributed by atoms with van der Waals surface area (Å²) < 4.78 is 0. The van der Waals surface area contributed by atoms with Gasteiger partial charge in [-0.05, 0) is 37.3 Å². The molecule has 0 amide bonds. The molecule has 1 atom stereocenters.